The number of nitrogens with zero attached hydrogens (tertiary/aromatic N) is 3. The summed E-state index contributed by atoms with van der Waals surface area (Å²) in [6.45, 7) is 12.4. The molecule has 1 aromatic heterocycles. The number of phenolic OH excluding ortho intramolecular Hbond substituents is 1. The van der Waals surface area contributed by atoms with Gasteiger partial charge in [0.05, 0.1) is 11.0 Å². The molecule has 28 heavy (non-hydrogen) atoms. The van der Waals surface area contributed by atoms with Gasteiger partial charge >= 0.3 is 0 Å². The van der Waals surface area contributed by atoms with Crippen molar-refractivity contribution in [3.8, 4) is 5.75 Å². The highest BCUT2D eigenvalue weighted by molar-refractivity contribution is 6.12. The Hall–Kier alpha value is -2.82. The average Bonchev–Trinajstić information content (AvgIpc) is 2.92. The van der Waals surface area contributed by atoms with Crippen molar-refractivity contribution in [3.63, 3.8) is 0 Å². The van der Waals surface area contributed by atoms with Crippen LogP contribution < -0.4 is 0 Å². The van der Waals surface area contributed by atoms with Crippen LogP contribution in [0.2, 0.25) is 0 Å². The topological polar surface area (TPSA) is 70.6 Å². The summed E-state index contributed by atoms with van der Waals surface area (Å²) < 4.78 is 1.92. The van der Waals surface area contributed by atoms with Crippen LogP contribution in [-0.2, 0) is 17.9 Å². The number of imidazole rings is 1. The molecule has 0 unspecified atom stereocenters. The Kier molecular flexibility index (Phi) is 4.74. The first-order valence-electron chi connectivity index (χ1n) is 9.47. The van der Waals surface area contributed by atoms with Gasteiger partial charge in [0, 0.05) is 23.7 Å². The number of oxime groups is 1. The van der Waals surface area contributed by atoms with E-state index in [2.05, 4.69) is 51.7 Å². The van der Waals surface area contributed by atoms with Crippen molar-refractivity contribution < 1.29 is 10.3 Å². The standard InChI is InChI=1S/C23H29N3O2/c1-22(2,3)15-12-14(13-16(20(15)27)23(4,5)6)19(25-28)21-24-17-10-8-9-11-18(17)26(21)7/h8-13,27-28H,1-7H3/b25-19-. The van der Waals surface area contributed by atoms with Crippen LogP contribution in [0.1, 0.15) is 64.1 Å². The molecule has 2 aromatic carbocycles. The van der Waals surface area contributed by atoms with Crippen molar-refractivity contribution >= 4 is 16.7 Å². The van der Waals surface area contributed by atoms with Crippen molar-refractivity contribution in [2.24, 2.45) is 12.2 Å². The molecule has 0 amide bonds. The lowest BCUT2D eigenvalue weighted by atomic mass is 9.78. The molecular formula is C23H29N3O2. The number of fused-ring (bicyclic) bond motifs is 1. The zero-order chi connectivity index (χ0) is 20.9. The van der Waals surface area contributed by atoms with Gasteiger partial charge in [-0.2, -0.15) is 0 Å². The Morgan fingerprint density at radius 2 is 1.50 bits per heavy atom. The lowest BCUT2D eigenvalue weighted by molar-refractivity contribution is 0.319. The first kappa shape index (κ1) is 19.9. The van der Waals surface area contributed by atoms with E-state index in [1.165, 1.54) is 0 Å². The number of aryl methyl sites for hydroxylation is 1. The Balaban J connectivity index is 2.30. The van der Waals surface area contributed by atoms with Crippen molar-refractivity contribution in [3.05, 3.63) is 58.9 Å². The molecule has 0 fully saturated rings. The van der Waals surface area contributed by atoms with Gasteiger partial charge in [-0.25, -0.2) is 4.98 Å². The molecule has 0 aliphatic rings. The van der Waals surface area contributed by atoms with Gasteiger partial charge in [-0.05, 0) is 35.1 Å². The largest absolute Gasteiger partial charge is 0.507 e. The van der Waals surface area contributed by atoms with Crippen molar-refractivity contribution in [2.75, 3.05) is 0 Å². The van der Waals surface area contributed by atoms with Crippen LogP contribution >= 0.6 is 0 Å². The molecule has 3 rings (SSSR count). The van der Waals surface area contributed by atoms with Gasteiger partial charge in [0.15, 0.2) is 11.5 Å². The van der Waals surface area contributed by atoms with E-state index in [4.69, 9.17) is 0 Å². The highest BCUT2D eigenvalue weighted by Crippen LogP contribution is 2.40. The van der Waals surface area contributed by atoms with E-state index >= 15 is 0 Å². The van der Waals surface area contributed by atoms with E-state index < -0.39 is 0 Å². The Labute approximate surface area is 166 Å². The van der Waals surface area contributed by atoms with Crippen molar-refractivity contribution in [2.45, 2.75) is 52.4 Å². The van der Waals surface area contributed by atoms with Crippen LogP contribution in [0.25, 0.3) is 11.0 Å². The number of para-hydroxylation sites is 2. The predicted molar refractivity (Wildman–Crippen MR) is 114 cm³/mol. The van der Waals surface area contributed by atoms with Crippen LogP contribution in [0.5, 0.6) is 5.75 Å². The summed E-state index contributed by atoms with van der Waals surface area (Å²) in [5, 5.41) is 24.5. The summed E-state index contributed by atoms with van der Waals surface area (Å²) in [5.41, 5.74) is 4.00. The quantitative estimate of drug-likeness (QED) is 0.370. The third kappa shape index (κ3) is 3.37. The summed E-state index contributed by atoms with van der Waals surface area (Å²) in [4.78, 5) is 4.68. The number of rotatable bonds is 2. The fraction of sp³-hybridized carbons (Fsp3) is 0.391. The van der Waals surface area contributed by atoms with E-state index in [0.717, 1.165) is 27.7 Å². The molecule has 0 aliphatic heterocycles. The van der Waals surface area contributed by atoms with E-state index in [-0.39, 0.29) is 10.8 Å². The van der Waals surface area contributed by atoms with Gasteiger partial charge < -0.3 is 14.9 Å². The molecule has 0 spiro atoms. The molecule has 5 nitrogen and oxygen atoms in total. The second-order valence-corrected chi connectivity index (χ2v) is 9.35. The number of hydrogen-bond donors (Lipinski definition) is 2. The molecule has 5 heteroatoms. The molecule has 1 heterocycles. The van der Waals surface area contributed by atoms with E-state index in [0.29, 0.717) is 17.3 Å². The summed E-state index contributed by atoms with van der Waals surface area (Å²) in [7, 11) is 1.91. The third-order valence-electron chi connectivity index (χ3n) is 5.10. The highest BCUT2D eigenvalue weighted by atomic mass is 16.4. The molecule has 0 aliphatic carbocycles. The molecule has 0 bridgehead atoms. The van der Waals surface area contributed by atoms with E-state index in [9.17, 15) is 10.3 Å². The number of benzene rings is 2. The number of hydrogen-bond acceptors (Lipinski definition) is 4. The monoisotopic (exact) mass is 379 g/mol. The zero-order valence-electron chi connectivity index (χ0n) is 17.7. The molecule has 2 N–H and O–H groups in total. The average molecular weight is 380 g/mol. The zero-order valence-corrected chi connectivity index (χ0v) is 17.7. The molecule has 0 radical (unpaired) electrons. The maximum absolute atomic E-state index is 11.0. The van der Waals surface area contributed by atoms with Crippen molar-refractivity contribution in [1.29, 1.82) is 0 Å². The fourth-order valence-corrected chi connectivity index (χ4v) is 3.50. The third-order valence-corrected chi connectivity index (χ3v) is 5.10. The smallest absolute Gasteiger partial charge is 0.163 e. The molecule has 3 aromatic rings. The van der Waals surface area contributed by atoms with Crippen LogP contribution in [-0.4, -0.2) is 25.6 Å². The second kappa shape index (κ2) is 6.66. The minimum Gasteiger partial charge on any atom is -0.507 e. The van der Waals surface area contributed by atoms with Crippen molar-refractivity contribution in [1.82, 2.24) is 9.55 Å². The first-order valence-corrected chi connectivity index (χ1v) is 9.47. The predicted octanol–water partition coefficient (Wildman–Crippen LogP) is 5.10. The Morgan fingerprint density at radius 1 is 0.964 bits per heavy atom. The van der Waals surface area contributed by atoms with Gasteiger partial charge in [0.2, 0.25) is 0 Å². The molecule has 0 saturated heterocycles. The van der Waals surface area contributed by atoms with Crippen LogP contribution in [0.4, 0.5) is 0 Å². The number of aromatic nitrogens is 2. The molecule has 0 atom stereocenters. The highest BCUT2D eigenvalue weighted by Gasteiger charge is 2.28. The van der Waals surface area contributed by atoms with E-state index in [1.54, 1.807) is 0 Å². The maximum Gasteiger partial charge on any atom is 0.163 e. The minimum absolute atomic E-state index is 0.271. The van der Waals surface area contributed by atoms with Crippen LogP contribution in [0.15, 0.2) is 41.6 Å². The fourth-order valence-electron chi connectivity index (χ4n) is 3.50. The number of phenols is 1. The lowest BCUT2D eigenvalue weighted by Gasteiger charge is -2.28. The van der Waals surface area contributed by atoms with Gasteiger partial charge in [-0.15, -0.1) is 0 Å². The maximum atomic E-state index is 11.0. The molecule has 148 valence electrons. The molecular weight excluding hydrogens is 350 g/mol. The minimum atomic E-state index is -0.271. The van der Waals surface area contributed by atoms with Gasteiger partial charge in [-0.3, -0.25) is 0 Å². The Morgan fingerprint density at radius 3 is 1.96 bits per heavy atom. The van der Waals surface area contributed by atoms with Gasteiger partial charge in [0.1, 0.15) is 5.75 Å². The Bertz CT molecular complexity index is 1030. The summed E-state index contributed by atoms with van der Waals surface area (Å²) in [6.07, 6.45) is 0. The number of aromatic hydroxyl groups is 1. The lowest BCUT2D eigenvalue weighted by Crippen LogP contribution is -2.20. The van der Waals surface area contributed by atoms with Crippen LogP contribution in [0, 0.1) is 0 Å². The molecule has 0 saturated carbocycles. The van der Waals surface area contributed by atoms with Gasteiger partial charge in [0.25, 0.3) is 0 Å². The SMILES string of the molecule is Cn1c(/C(=N\O)c2cc(C(C)(C)C)c(O)c(C(C)(C)C)c2)nc2ccccc21. The van der Waals surface area contributed by atoms with Crippen LogP contribution in [0.3, 0.4) is 0 Å². The summed E-state index contributed by atoms with van der Waals surface area (Å²) in [5.74, 6) is 0.875. The second-order valence-electron chi connectivity index (χ2n) is 9.35. The summed E-state index contributed by atoms with van der Waals surface area (Å²) in [6, 6.07) is 11.6. The summed E-state index contributed by atoms with van der Waals surface area (Å²) >= 11 is 0. The first-order chi connectivity index (χ1) is 12.9. The van der Waals surface area contributed by atoms with E-state index in [1.807, 2.05) is 48.0 Å². The van der Waals surface area contributed by atoms with Gasteiger partial charge in [-0.1, -0.05) is 58.8 Å². The normalized spacial score (nSPS) is 13.3.